The molecule has 4 rings (SSSR count). The van der Waals surface area contributed by atoms with Crippen LogP contribution in [-0.2, 0) is 24.3 Å². The third kappa shape index (κ3) is 5.42. The van der Waals surface area contributed by atoms with Crippen molar-refractivity contribution in [2.24, 2.45) is 5.92 Å². The number of nitrogens with one attached hydrogen (secondary N) is 1. The highest BCUT2D eigenvalue weighted by Gasteiger charge is 2.26. The molecule has 1 saturated heterocycles. The number of oxazole rings is 1. The van der Waals surface area contributed by atoms with Gasteiger partial charge in [0, 0.05) is 24.6 Å². The smallest absolute Gasteiger partial charge is 0.226 e. The molecule has 2 aromatic carbocycles. The average Bonchev–Trinajstić information content (AvgIpc) is 3.18. The normalized spacial score (nSPS) is 15.2. The van der Waals surface area contributed by atoms with Crippen LogP contribution in [0.2, 0.25) is 0 Å². The van der Waals surface area contributed by atoms with E-state index < -0.39 is 0 Å². The molecule has 0 spiro atoms. The van der Waals surface area contributed by atoms with E-state index in [1.165, 1.54) is 5.56 Å². The monoisotopic (exact) mass is 417 g/mol. The molecule has 5 nitrogen and oxygen atoms in total. The Balaban J connectivity index is 1.28. The van der Waals surface area contributed by atoms with Gasteiger partial charge in [-0.2, -0.15) is 0 Å². The summed E-state index contributed by atoms with van der Waals surface area (Å²) in [6.07, 6.45) is 2.78. The molecule has 0 unspecified atom stereocenters. The van der Waals surface area contributed by atoms with Crippen molar-refractivity contribution in [2.75, 3.05) is 13.1 Å². The molecule has 1 amide bonds. The number of aromatic nitrogens is 1. The molecule has 0 saturated carbocycles. The van der Waals surface area contributed by atoms with Crippen LogP contribution in [0.3, 0.4) is 0 Å². The number of piperidine rings is 1. The topological polar surface area (TPSA) is 58.4 Å². The lowest BCUT2D eigenvalue weighted by molar-refractivity contribution is -0.126. The second-order valence-electron chi connectivity index (χ2n) is 8.33. The Morgan fingerprint density at radius 3 is 2.45 bits per heavy atom. The first-order valence-electron chi connectivity index (χ1n) is 11.2. The van der Waals surface area contributed by atoms with Gasteiger partial charge in [-0.05, 0) is 62.5 Å². The summed E-state index contributed by atoms with van der Waals surface area (Å²) in [4.78, 5) is 19.7. The van der Waals surface area contributed by atoms with Gasteiger partial charge < -0.3 is 9.73 Å². The first-order chi connectivity index (χ1) is 15.1. The summed E-state index contributed by atoms with van der Waals surface area (Å²) < 4.78 is 5.95. The number of hydrogen-bond acceptors (Lipinski definition) is 4. The molecule has 3 aromatic rings. The van der Waals surface area contributed by atoms with Gasteiger partial charge in [0.15, 0.2) is 0 Å². The van der Waals surface area contributed by atoms with Gasteiger partial charge in [-0.1, -0.05) is 49.4 Å². The zero-order valence-corrected chi connectivity index (χ0v) is 18.4. The number of carbonyl (C=O) groups is 1. The number of carbonyl (C=O) groups excluding carboxylic acids is 1. The van der Waals surface area contributed by atoms with Crippen molar-refractivity contribution in [3.8, 4) is 11.5 Å². The summed E-state index contributed by atoms with van der Waals surface area (Å²) in [6, 6.07) is 18.5. The van der Waals surface area contributed by atoms with Crippen LogP contribution in [0, 0.1) is 12.8 Å². The fourth-order valence-electron chi connectivity index (χ4n) is 4.08. The SMILES string of the molecule is CCc1ccc(-c2nc(CN3CCC(C(=O)NCc4ccccc4)CC3)c(C)o2)cc1. The molecule has 0 atom stereocenters. The number of rotatable bonds is 7. The Labute approximate surface area is 184 Å². The second kappa shape index (κ2) is 9.92. The fraction of sp³-hybridized carbons (Fsp3) is 0.385. The molecule has 1 aliphatic heterocycles. The van der Waals surface area contributed by atoms with E-state index in [1.54, 1.807) is 0 Å². The van der Waals surface area contributed by atoms with E-state index >= 15 is 0 Å². The minimum Gasteiger partial charge on any atom is -0.441 e. The lowest BCUT2D eigenvalue weighted by Gasteiger charge is -2.30. The fourth-order valence-corrected chi connectivity index (χ4v) is 4.08. The van der Waals surface area contributed by atoms with E-state index in [1.807, 2.05) is 37.3 Å². The summed E-state index contributed by atoms with van der Waals surface area (Å²) in [6.45, 7) is 7.29. The predicted octanol–water partition coefficient (Wildman–Crippen LogP) is 4.74. The lowest BCUT2D eigenvalue weighted by atomic mass is 9.95. The summed E-state index contributed by atoms with van der Waals surface area (Å²) in [5.74, 6) is 1.81. The van der Waals surface area contributed by atoms with Crippen LogP contribution in [0.4, 0.5) is 0 Å². The van der Waals surface area contributed by atoms with Crippen molar-refractivity contribution in [1.29, 1.82) is 0 Å². The minimum absolute atomic E-state index is 0.0889. The molecule has 2 heterocycles. The minimum atomic E-state index is 0.0889. The quantitative estimate of drug-likeness (QED) is 0.603. The summed E-state index contributed by atoms with van der Waals surface area (Å²) >= 11 is 0. The molecule has 1 aliphatic rings. The number of nitrogens with zero attached hydrogens (tertiary/aromatic N) is 2. The third-order valence-electron chi connectivity index (χ3n) is 6.14. The Kier molecular flexibility index (Phi) is 6.82. The summed E-state index contributed by atoms with van der Waals surface area (Å²) in [7, 11) is 0. The number of aryl methyl sites for hydroxylation is 2. The molecule has 5 heteroatoms. The van der Waals surface area contributed by atoms with Gasteiger partial charge >= 0.3 is 0 Å². The molecule has 0 radical (unpaired) electrons. The van der Waals surface area contributed by atoms with Crippen LogP contribution in [0.5, 0.6) is 0 Å². The molecule has 162 valence electrons. The van der Waals surface area contributed by atoms with Gasteiger partial charge in [-0.25, -0.2) is 4.98 Å². The van der Waals surface area contributed by atoms with Crippen LogP contribution in [-0.4, -0.2) is 28.9 Å². The Hall–Kier alpha value is -2.92. The van der Waals surface area contributed by atoms with Crippen LogP contribution < -0.4 is 5.32 Å². The number of benzene rings is 2. The van der Waals surface area contributed by atoms with E-state index in [0.29, 0.717) is 12.4 Å². The number of amides is 1. The molecule has 1 N–H and O–H groups in total. The van der Waals surface area contributed by atoms with Crippen molar-refractivity contribution >= 4 is 5.91 Å². The largest absolute Gasteiger partial charge is 0.441 e. The number of likely N-dealkylation sites (tertiary alicyclic amines) is 1. The molecule has 0 aliphatic carbocycles. The Bertz CT molecular complexity index is 987. The number of hydrogen-bond donors (Lipinski definition) is 1. The maximum atomic E-state index is 12.5. The molecule has 0 bridgehead atoms. The van der Waals surface area contributed by atoms with Gasteiger partial charge in [-0.3, -0.25) is 9.69 Å². The van der Waals surface area contributed by atoms with Crippen molar-refractivity contribution in [3.63, 3.8) is 0 Å². The van der Waals surface area contributed by atoms with Crippen LogP contribution >= 0.6 is 0 Å². The highest BCUT2D eigenvalue weighted by atomic mass is 16.4. The zero-order chi connectivity index (χ0) is 21.6. The van der Waals surface area contributed by atoms with Crippen LogP contribution in [0.25, 0.3) is 11.5 Å². The lowest BCUT2D eigenvalue weighted by Crippen LogP contribution is -2.40. The third-order valence-corrected chi connectivity index (χ3v) is 6.14. The van der Waals surface area contributed by atoms with Gasteiger partial charge in [0.2, 0.25) is 11.8 Å². The van der Waals surface area contributed by atoms with Crippen molar-refractivity contribution < 1.29 is 9.21 Å². The molecular weight excluding hydrogens is 386 g/mol. The molecule has 1 fully saturated rings. The van der Waals surface area contributed by atoms with E-state index in [4.69, 9.17) is 9.40 Å². The van der Waals surface area contributed by atoms with Gasteiger partial charge in [-0.15, -0.1) is 0 Å². The van der Waals surface area contributed by atoms with Gasteiger partial charge in [0.05, 0.1) is 5.69 Å². The van der Waals surface area contributed by atoms with Crippen molar-refractivity contribution in [2.45, 2.75) is 46.2 Å². The first-order valence-corrected chi connectivity index (χ1v) is 11.2. The van der Waals surface area contributed by atoms with E-state index in [0.717, 1.165) is 61.5 Å². The molecular formula is C26H31N3O2. The highest BCUT2D eigenvalue weighted by Crippen LogP contribution is 2.25. The zero-order valence-electron chi connectivity index (χ0n) is 18.4. The summed E-state index contributed by atoms with van der Waals surface area (Å²) in [5.41, 5.74) is 4.44. The standard InChI is InChI=1S/C26H31N3O2/c1-3-20-9-11-23(12-10-20)26-28-24(19(2)31-26)18-29-15-13-22(14-16-29)25(30)27-17-21-7-5-4-6-8-21/h4-12,22H,3,13-18H2,1-2H3,(H,27,30). The summed E-state index contributed by atoms with van der Waals surface area (Å²) in [5, 5.41) is 3.09. The van der Waals surface area contributed by atoms with Crippen molar-refractivity contribution in [1.82, 2.24) is 15.2 Å². The first kappa shape index (κ1) is 21.3. The van der Waals surface area contributed by atoms with E-state index in [2.05, 4.69) is 41.4 Å². The highest BCUT2D eigenvalue weighted by molar-refractivity contribution is 5.78. The maximum Gasteiger partial charge on any atom is 0.226 e. The Morgan fingerprint density at radius 2 is 1.77 bits per heavy atom. The molecule has 31 heavy (non-hydrogen) atoms. The van der Waals surface area contributed by atoms with Gasteiger partial charge in [0.25, 0.3) is 0 Å². The van der Waals surface area contributed by atoms with E-state index in [9.17, 15) is 4.79 Å². The maximum absolute atomic E-state index is 12.5. The van der Waals surface area contributed by atoms with Crippen LogP contribution in [0.1, 0.15) is 42.3 Å². The van der Waals surface area contributed by atoms with E-state index in [-0.39, 0.29) is 11.8 Å². The van der Waals surface area contributed by atoms with Crippen molar-refractivity contribution in [3.05, 3.63) is 77.2 Å². The predicted molar refractivity (Wildman–Crippen MR) is 122 cm³/mol. The average molecular weight is 418 g/mol. The Morgan fingerprint density at radius 1 is 1.06 bits per heavy atom. The van der Waals surface area contributed by atoms with Gasteiger partial charge in [0.1, 0.15) is 5.76 Å². The molecule has 1 aromatic heterocycles. The van der Waals surface area contributed by atoms with Crippen LogP contribution in [0.15, 0.2) is 59.0 Å². The second-order valence-corrected chi connectivity index (χ2v) is 8.33.